The van der Waals surface area contributed by atoms with Crippen molar-refractivity contribution < 1.29 is 9.59 Å². The van der Waals surface area contributed by atoms with Gasteiger partial charge in [-0.3, -0.25) is 9.89 Å². The molecule has 0 bridgehead atoms. The number of carbonyl (C=O) groups is 2. The normalized spacial score (nSPS) is 20.8. The molecule has 142 valence electrons. The Morgan fingerprint density at radius 1 is 1.07 bits per heavy atom. The molecule has 1 aromatic heterocycles. The SMILES string of the molecule is NC(=O)N1CCC[C@H]1C(=O)N1CCC(c2[nH]ncc2-c2ccccc2)CC1. The van der Waals surface area contributed by atoms with Gasteiger partial charge in [-0.2, -0.15) is 5.10 Å². The van der Waals surface area contributed by atoms with Crippen LogP contribution in [0.1, 0.15) is 37.3 Å². The molecule has 7 heteroatoms. The molecule has 1 aromatic carbocycles. The molecule has 0 aliphatic carbocycles. The van der Waals surface area contributed by atoms with Crippen molar-refractivity contribution in [3.8, 4) is 11.1 Å². The van der Waals surface area contributed by atoms with Crippen LogP contribution in [0.4, 0.5) is 4.79 Å². The highest BCUT2D eigenvalue weighted by molar-refractivity contribution is 5.87. The summed E-state index contributed by atoms with van der Waals surface area (Å²) in [6.45, 7) is 1.97. The number of aromatic nitrogens is 2. The second-order valence-corrected chi connectivity index (χ2v) is 7.35. The van der Waals surface area contributed by atoms with E-state index in [-0.39, 0.29) is 11.9 Å². The Balaban J connectivity index is 1.42. The zero-order chi connectivity index (χ0) is 18.8. The van der Waals surface area contributed by atoms with E-state index in [0.29, 0.717) is 32.0 Å². The number of benzene rings is 1. The van der Waals surface area contributed by atoms with E-state index >= 15 is 0 Å². The largest absolute Gasteiger partial charge is 0.351 e. The standard InChI is InChI=1S/C20H25N5O2/c21-20(27)25-10-4-7-17(25)19(26)24-11-8-15(9-12-24)18-16(13-22-23-18)14-5-2-1-3-6-14/h1-3,5-6,13,15,17H,4,7-12H2,(H2,21,27)(H,22,23)/t17-/m0/s1. The van der Waals surface area contributed by atoms with Crippen molar-refractivity contribution in [3.63, 3.8) is 0 Å². The highest BCUT2D eigenvalue weighted by Gasteiger charge is 2.37. The second-order valence-electron chi connectivity index (χ2n) is 7.35. The number of primary amides is 1. The van der Waals surface area contributed by atoms with Crippen LogP contribution in [0, 0.1) is 0 Å². The summed E-state index contributed by atoms with van der Waals surface area (Å²) in [6.07, 6.45) is 5.20. The Morgan fingerprint density at radius 3 is 2.52 bits per heavy atom. The molecule has 3 heterocycles. The molecule has 2 aliphatic heterocycles. The van der Waals surface area contributed by atoms with E-state index in [1.54, 1.807) is 0 Å². The minimum Gasteiger partial charge on any atom is -0.351 e. The van der Waals surface area contributed by atoms with Crippen LogP contribution >= 0.6 is 0 Å². The van der Waals surface area contributed by atoms with Gasteiger partial charge in [0.25, 0.3) is 0 Å². The molecule has 7 nitrogen and oxygen atoms in total. The molecule has 3 N–H and O–H groups in total. The number of urea groups is 1. The summed E-state index contributed by atoms with van der Waals surface area (Å²) in [5, 5.41) is 7.43. The van der Waals surface area contributed by atoms with Crippen molar-refractivity contribution in [3.05, 3.63) is 42.2 Å². The number of amides is 3. The Morgan fingerprint density at radius 2 is 1.81 bits per heavy atom. The number of aromatic amines is 1. The van der Waals surface area contributed by atoms with Crippen LogP contribution in [0.15, 0.2) is 36.5 Å². The summed E-state index contributed by atoms with van der Waals surface area (Å²) in [7, 11) is 0. The third kappa shape index (κ3) is 3.41. The first-order valence-corrected chi connectivity index (χ1v) is 9.58. The lowest BCUT2D eigenvalue weighted by Gasteiger charge is -2.35. The average Bonchev–Trinajstić information content (AvgIpc) is 3.38. The van der Waals surface area contributed by atoms with E-state index in [2.05, 4.69) is 22.3 Å². The van der Waals surface area contributed by atoms with Gasteiger partial charge in [-0.25, -0.2) is 4.79 Å². The van der Waals surface area contributed by atoms with Crippen LogP contribution < -0.4 is 5.73 Å². The number of hydrogen-bond donors (Lipinski definition) is 2. The maximum absolute atomic E-state index is 12.9. The molecule has 0 radical (unpaired) electrons. The molecule has 2 saturated heterocycles. The third-order valence-electron chi connectivity index (χ3n) is 5.79. The monoisotopic (exact) mass is 367 g/mol. The van der Waals surface area contributed by atoms with Crippen LogP contribution in [0.3, 0.4) is 0 Å². The summed E-state index contributed by atoms with van der Waals surface area (Å²) < 4.78 is 0. The smallest absolute Gasteiger partial charge is 0.315 e. The molecule has 2 aliphatic rings. The van der Waals surface area contributed by atoms with Gasteiger partial charge in [-0.15, -0.1) is 0 Å². The number of nitrogens with one attached hydrogen (secondary N) is 1. The van der Waals surface area contributed by atoms with Crippen LogP contribution in [0.25, 0.3) is 11.1 Å². The molecule has 0 unspecified atom stereocenters. The zero-order valence-corrected chi connectivity index (χ0v) is 15.3. The summed E-state index contributed by atoms with van der Waals surface area (Å²) in [6, 6.07) is 9.36. The summed E-state index contributed by atoms with van der Waals surface area (Å²) in [5.74, 6) is 0.389. The van der Waals surface area contributed by atoms with Crippen molar-refractivity contribution in [1.82, 2.24) is 20.0 Å². The number of piperidine rings is 1. The maximum Gasteiger partial charge on any atom is 0.315 e. The van der Waals surface area contributed by atoms with Crippen molar-refractivity contribution in [2.45, 2.75) is 37.6 Å². The van der Waals surface area contributed by atoms with Gasteiger partial charge < -0.3 is 15.5 Å². The summed E-state index contributed by atoms with van der Waals surface area (Å²) in [4.78, 5) is 27.8. The van der Waals surface area contributed by atoms with E-state index in [9.17, 15) is 9.59 Å². The van der Waals surface area contributed by atoms with Gasteiger partial charge in [0.1, 0.15) is 6.04 Å². The lowest BCUT2D eigenvalue weighted by molar-refractivity contribution is -0.136. The molecule has 2 fully saturated rings. The number of carbonyl (C=O) groups excluding carboxylic acids is 2. The summed E-state index contributed by atoms with van der Waals surface area (Å²) >= 11 is 0. The second kappa shape index (κ2) is 7.42. The van der Waals surface area contributed by atoms with Gasteiger partial charge in [-0.05, 0) is 31.2 Å². The number of H-pyrrole nitrogens is 1. The minimum atomic E-state index is -0.495. The molecule has 1 atom stereocenters. The fourth-order valence-corrected chi connectivity index (χ4v) is 4.34. The fraction of sp³-hybridized carbons (Fsp3) is 0.450. The fourth-order valence-electron chi connectivity index (χ4n) is 4.34. The van der Waals surface area contributed by atoms with E-state index < -0.39 is 6.03 Å². The Hall–Kier alpha value is -2.83. The van der Waals surface area contributed by atoms with Crippen molar-refractivity contribution in [1.29, 1.82) is 0 Å². The van der Waals surface area contributed by atoms with E-state index in [4.69, 9.17) is 5.73 Å². The zero-order valence-electron chi connectivity index (χ0n) is 15.3. The number of rotatable bonds is 3. The van der Waals surface area contributed by atoms with Crippen molar-refractivity contribution in [2.24, 2.45) is 5.73 Å². The molecule has 3 amide bonds. The average molecular weight is 367 g/mol. The molecular weight excluding hydrogens is 342 g/mol. The van der Waals surface area contributed by atoms with Crippen molar-refractivity contribution in [2.75, 3.05) is 19.6 Å². The Labute approximate surface area is 158 Å². The first-order chi connectivity index (χ1) is 13.1. The summed E-state index contributed by atoms with van der Waals surface area (Å²) in [5.41, 5.74) is 8.86. The molecule has 4 rings (SSSR count). The third-order valence-corrected chi connectivity index (χ3v) is 5.79. The molecular formula is C20H25N5O2. The molecule has 0 saturated carbocycles. The van der Waals surface area contributed by atoms with Crippen LogP contribution in [-0.4, -0.2) is 57.6 Å². The lowest BCUT2D eigenvalue weighted by Crippen LogP contribution is -2.51. The van der Waals surface area contributed by atoms with Crippen molar-refractivity contribution >= 4 is 11.9 Å². The van der Waals surface area contributed by atoms with E-state index in [1.807, 2.05) is 29.3 Å². The quantitative estimate of drug-likeness (QED) is 0.871. The van der Waals surface area contributed by atoms with Gasteiger partial charge in [0.2, 0.25) is 5.91 Å². The van der Waals surface area contributed by atoms with E-state index in [1.165, 1.54) is 4.90 Å². The number of nitrogens with zero attached hydrogens (tertiary/aromatic N) is 3. The predicted octanol–water partition coefficient (Wildman–Crippen LogP) is 2.33. The van der Waals surface area contributed by atoms with Gasteiger partial charge in [0, 0.05) is 36.8 Å². The topological polar surface area (TPSA) is 95.3 Å². The van der Waals surface area contributed by atoms with Gasteiger partial charge in [-0.1, -0.05) is 30.3 Å². The first-order valence-electron chi connectivity index (χ1n) is 9.58. The molecule has 27 heavy (non-hydrogen) atoms. The van der Waals surface area contributed by atoms with E-state index in [0.717, 1.165) is 36.1 Å². The van der Waals surface area contributed by atoms with Crippen LogP contribution in [0.2, 0.25) is 0 Å². The molecule has 0 spiro atoms. The lowest BCUT2D eigenvalue weighted by atomic mass is 9.89. The molecule has 2 aromatic rings. The number of hydrogen-bond acceptors (Lipinski definition) is 3. The minimum absolute atomic E-state index is 0.0395. The first kappa shape index (κ1) is 17.6. The van der Waals surface area contributed by atoms with Crippen LogP contribution in [-0.2, 0) is 4.79 Å². The Bertz CT molecular complexity index is 811. The number of likely N-dealkylation sites (tertiary alicyclic amines) is 2. The van der Waals surface area contributed by atoms with Gasteiger partial charge >= 0.3 is 6.03 Å². The highest BCUT2D eigenvalue weighted by Crippen LogP contribution is 2.34. The van der Waals surface area contributed by atoms with Gasteiger partial charge in [0.05, 0.1) is 6.20 Å². The highest BCUT2D eigenvalue weighted by atomic mass is 16.2. The number of nitrogens with two attached hydrogens (primary N) is 1. The Kier molecular flexibility index (Phi) is 4.83. The predicted molar refractivity (Wildman–Crippen MR) is 102 cm³/mol. The van der Waals surface area contributed by atoms with Crippen LogP contribution in [0.5, 0.6) is 0 Å². The maximum atomic E-state index is 12.9. The van der Waals surface area contributed by atoms with Gasteiger partial charge in [0.15, 0.2) is 0 Å².